The van der Waals surface area contributed by atoms with Crippen LogP contribution in [0.4, 0.5) is 10.1 Å². The Morgan fingerprint density at radius 1 is 0.951 bits per heavy atom. The number of amides is 2. The van der Waals surface area contributed by atoms with Crippen LogP contribution in [-0.2, 0) is 26.2 Å². The fraction of sp³-hybridized carbons (Fsp3) is 0.333. The third-order valence-corrected chi connectivity index (χ3v) is 9.71. The van der Waals surface area contributed by atoms with Crippen molar-refractivity contribution in [2.75, 3.05) is 10.8 Å². The number of anilines is 1. The van der Waals surface area contributed by atoms with Crippen molar-refractivity contribution in [1.82, 2.24) is 10.2 Å². The number of halogens is 3. The fourth-order valence-electron chi connectivity index (χ4n) is 4.83. The first-order valence-electron chi connectivity index (χ1n) is 13.4. The van der Waals surface area contributed by atoms with E-state index in [1.807, 2.05) is 0 Å². The van der Waals surface area contributed by atoms with Gasteiger partial charge in [-0.15, -0.1) is 0 Å². The summed E-state index contributed by atoms with van der Waals surface area (Å²) in [6.07, 6.45) is 4.90. The molecule has 3 aromatic carbocycles. The summed E-state index contributed by atoms with van der Waals surface area (Å²) in [6.45, 7) is 0.963. The number of benzene rings is 3. The molecule has 0 heterocycles. The lowest BCUT2D eigenvalue weighted by molar-refractivity contribution is -0.139. The number of nitrogens with one attached hydrogen (secondary N) is 1. The van der Waals surface area contributed by atoms with Gasteiger partial charge in [0.15, 0.2) is 0 Å². The number of hydrogen-bond acceptors (Lipinski definition) is 4. The normalized spacial score (nSPS) is 14.7. The van der Waals surface area contributed by atoms with E-state index >= 15 is 0 Å². The molecule has 2 amide bonds. The summed E-state index contributed by atoms with van der Waals surface area (Å²) in [4.78, 5) is 28.6. The summed E-state index contributed by atoms with van der Waals surface area (Å²) in [5.74, 6) is -1.39. The molecule has 1 atom stereocenters. The number of nitrogens with zero attached hydrogens (tertiary/aromatic N) is 2. The molecule has 1 N–H and O–H groups in total. The van der Waals surface area contributed by atoms with E-state index in [-0.39, 0.29) is 39.1 Å². The van der Waals surface area contributed by atoms with Gasteiger partial charge in [-0.3, -0.25) is 13.9 Å². The van der Waals surface area contributed by atoms with Gasteiger partial charge in [0.05, 0.1) is 20.6 Å². The Labute approximate surface area is 250 Å². The van der Waals surface area contributed by atoms with E-state index in [1.165, 1.54) is 59.5 Å². The molecule has 0 unspecified atom stereocenters. The van der Waals surface area contributed by atoms with Gasteiger partial charge < -0.3 is 10.2 Å². The van der Waals surface area contributed by atoms with Gasteiger partial charge in [-0.1, -0.05) is 72.8 Å². The third-order valence-electron chi connectivity index (χ3n) is 7.19. The van der Waals surface area contributed by atoms with Gasteiger partial charge >= 0.3 is 0 Å². The van der Waals surface area contributed by atoms with Crippen LogP contribution in [0, 0.1) is 5.82 Å². The lowest BCUT2D eigenvalue weighted by Gasteiger charge is -2.33. The second-order valence-electron chi connectivity index (χ2n) is 10.1. The summed E-state index contributed by atoms with van der Waals surface area (Å²) >= 11 is 12.3. The van der Waals surface area contributed by atoms with Gasteiger partial charge in [-0.25, -0.2) is 12.8 Å². The average molecular weight is 621 g/mol. The van der Waals surface area contributed by atoms with Gasteiger partial charge in [-0.2, -0.15) is 0 Å². The molecule has 0 aliphatic heterocycles. The Balaban J connectivity index is 1.68. The Bertz CT molecular complexity index is 1470. The maximum Gasteiger partial charge on any atom is 0.264 e. The standard InChI is InChI=1S/C30H32Cl2FN3O4S/c1-21(30(38)34-24-8-4-2-5-9-24)35(19-22-12-14-23(33)15-13-22)29(37)20-36(25-16-17-27(31)28(32)18-25)41(39,40)26-10-6-3-7-11-26/h3,6-7,10-18,21,24H,2,4-5,8-9,19-20H2,1H3,(H,34,38)/t21-/m1/s1. The van der Waals surface area contributed by atoms with E-state index in [0.717, 1.165) is 36.4 Å². The molecule has 41 heavy (non-hydrogen) atoms. The van der Waals surface area contributed by atoms with Gasteiger partial charge in [0, 0.05) is 12.6 Å². The summed E-state index contributed by atoms with van der Waals surface area (Å²) in [6, 6.07) is 16.7. The molecular weight excluding hydrogens is 588 g/mol. The lowest BCUT2D eigenvalue weighted by Crippen LogP contribution is -2.53. The molecular formula is C30H32Cl2FN3O4S. The van der Waals surface area contributed by atoms with Crippen LogP contribution in [0.25, 0.3) is 0 Å². The Morgan fingerprint density at radius 3 is 2.24 bits per heavy atom. The maximum atomic E-state index is 14.0. The van der Waals surface area contributed by atoms with Crippen molar-refractivity contribution in [3.63, 3.8) is 0 Å². The van der Waals surface area contributed by atoms with Gasteiger partial charge in [0.2, 0.25) is 11.8 Å². The molecule has 0 saturated heterocycles. The molecule has 1 fully saturated rings. The highest BCUT2D eigenvalue weighted by Crippen LogP contribution is 2.31. The first kappa shape index (κ1) is 30.8. The SMILES string of the molecule is C[C@H](C(=O)NC1CCCCC1)N(Cc1ccc(F)cc1)C(=O)CN(c1ccc(Cl)c(Cl)c1)S(=O)(=O)c1ccccc1. The van der Waals surface area contributed by atoms with Crippen molar-refractivity contribution in [2.24, 2.45) is 0 Å². The van der Waals surface area contributed by atoms with Crippen LogP contribution in [0.3, 0.4) is 0 Å². The van der Waals surface area contributed by atoms with Gasteiger partial charge in [-0.05, 0) is 67.8 Å². The highest BCUT2D eigenvalue weighted by molar-refractivity contribution is 7.92. The lowest BCUT2D eigenvalue weighted by atomic mass is 9.95. The van der Waals surface area contributed by atoms with Crippen LogP contribution in [0.5, 0.6) is 0 Å². The number of sulfonamides is 1. The number of carbonyl (C=O) groups excluding carboxylic acids is 2. The Hall–Kier alpha value is -3.14. The molecule has 11 heteroatoms. The van der Waals surface area contributed by atoms with Gasteiger partial charge in [0.1, 0.15) is 18.4 Å². The summed E-state index contributed by atoms with van der Waals surface area (Å²) in [7, 11) is -4.23. The smallest absolute Gasteiger partial charge is 0.264 e. The second kappa shape index (κ2) is 13.7. The first-order valence-corrected chi connectivity index (χ1v) is 15.6. The molecule has 0 bridgehead atoms. The van der Waals surface area contributed by atoms with Crippen LogP contribution < -0.4 is 9.62 Å². The van der Waals surface area contributed by atoms with Crippen molar-refractivity contribution in [2.45, 2.75) is 62.6 Å². The highest BCUT2D eigenvalue weighted by Gasteiger charge is 2.33. The molecule has 0 aromatic heterocycles. The molecule has 1 aliphatic carbocycles. The van der Waals surface area contributed by atoms with Crippen LogP contribution in [0.1, 0.15) is 44.6 Å². The molecule has 218 valence electrons. The minimum Gasteiger partial charge on any atom is -0.352 e. The predicted molar refractivity (Wildman–Crippen MR) is 159 cm³/mol. The van der Waals surface area contributed by atoms with E-state index in [0.29, 0.717) is 5.56 Å². The number of carbonyl (C=O) groups is 2. The Kier molecular flexibility index (Phi) is 10.3. The van der Waals surface area contributed by atoms with Crippen LogP contribution in [0.2, 0.25) is 10.0 Å². The fourth-order valence-corrected chi connectivity index (χ4v) is 6.55. The second-order valence-corrected chi connectivity index (χ2v) is 12.8. The highest BCUT2D eigenvalue weighted by atomic mass is 35.5. The molecule has 4 rings (SSSR count). The van der Waals surface area contributed by atoms with E-state index in [1.54, 1.807) is 25.1 Å². The Morgan fingerprint density at radius 2 is 1.61 bits per heavy atom. The van der Waals surface area contributed by atoms with Crippen molar-refractivity contribution < 1.29 is 22.4 Å². The van der Waals surface area contributed by atoms with Crippen LogP contribution >= 0.6 is 23.2 Å². The molecule has 0 spiro atoms. The van der Waals surface area contributed by atoms with E-state index in [4.69, 9.17) is 23.2 Å². The summed E-state index contributed by atoms with van der Waals surface area (Å²) in [5, 5.41) is 3.39. The largest absolute Gasteiger partial charge is 0.352 e. The van der Waals surface area contributed by atoms with E-state index < -0.39 is 34.3 Å². The van der Waals surface area contributed by atoms with Gasteiger partial charge in [0.25, 0.3) is 10.0 Å². The predicted octanol–water partition coefficient (Wildman–Crippen LogP) is 6.19. The quantitative estimate of drug-likeness (QED) is 0.293. The zero-order valence-electron chi connectivity index (χ0n) is 22.6. The van der Waals surface area contributed by atoms with E-state index in [2.05, 4.69) is 5.32 Å². The monoisotopic (exact) mass is 619 g/mol. The zero-order chi connectivity index (χ0) is 29.6. The summed E-state index contributed by atoms with van der Waals surface area (Å²) in [5.41, 5.74) is 0.724. The zero-order valence-corrected chi connectivity index (χ0v) is 24.9. The average Bonchev–Trinajstić information content (AvgIpc) is 2.97. The molecule has 3 aromatic rings. The minimum absolute atomic E-state index is 0.0210. The topological polar surface area (TPSA) is 86.8 Å². The molecule has 0 radical (unpaired) electrons. The maximum absolute atomic E-state index is 14.0. The number of hydrogen-bond donors (Lipinski definition) is 1. The van der Waals surface area contributed by atoms with Crippen molar-refractivity contribution in [3.05, 3.63) is 94.2 Å². The summed E-state index contributed by atoms with van der Waals surface area (Å²) < 4.78 is 42.2. The first-order chi connectivity index (χ1) is 19.6. The van der Waals surface area contributed by atoms with Crippen LogP contribution in [-0.4, -0.2) is 43.8 Å². The van der Waals surface area contributed by atoms with Crippen molar-refractivity contribution in [3.8, 4) is 0 Å². The third kappa shape index (κ3) is 7.78. The molecule has 7 nitrogen and oxygen atoms in total. The van der Waals surface area contributed by atoms with Crippen LogP contribution in [0.15, 0.2) is 77.7 Å². The minimum atomic E-state index is -4.23. The van der Waals surface area contributed by atoms with Crippen molar-refractivity contribution >= 4 is 50.7 Å². The molecule has 1 saturated carbocycles. The van der Waals surface area contributed by atoms with Crippen molar-refractivity contribution in [1.29, 1.82) is 0 Å². The van der Waals surface area contributed by atoms with E-state index in [9.17, 15) is 22.4 Å². The number of rotatable bonds is 10. The molecule has 1 aliphatic rings.